The van der Waals surface area contributed by atoms with Crippen molar-refractivity contribution in [2.75, 3.05) is 0 Å². The predicted octanol–water partition coefficient (Wildman–Crippen LogP) is 4.35. The third kappa shape index (κ3) is 1.67. The SMILES string of the molecule is Cc1ccc2oc(C(C)(C)C)c(C)c2c1. The molecule has 0 N–H and O–H groups in total. The largest absolute Gasteiger partial charge is 0.460 e. The molecule has 1 nitrogen and oxygen atoms in total. The smallest absolute Gasteiger partial charge is 0.134 e. The van der Waals surface area contributed by atoms with E-state index in [0.717, 1.165) is 11.3 Å². The van der Waals surface area contributed by atoms with E-state index in [4.69, 9.17) is 4.42 Å². The highest BCUT2D eigenvalue weighted by Crippen LogP contribution is 2.33. The van der Waals surface area contributed by atoms with Gasteiger partial charge in [-0.1, -0.05) is 32.4 Å². The van der Waals surface area contributed by atoms with E-state index in [1.54, 1.807) is 0 Å². The number of benzene rings is 1. The Hall–Kier alpha value is -1.24. The Morgan fingerprint density at radius 2 is 1.73 bits per heavy atom. The fourth-order valence-corrected chi connectivity index (χ4v) is 2.05. The molecule has 1 heterocycles. The first kappa shape index (κ1) is 10.3. The second-order valence-corrected chi connectivity index (χ2v) is 5.31. The minimum absolute atomic E-state index is 0.0804. The van der Waals surface area contributed by atoms with Gasteiger partial charge >= 0.3 is 0 Å². The molecule has 1 aromatic carbocycles. The van der Waals surface area contributed by atoms with Crippen molar-refractivity contribution in [3.05, 3.63) is 35.1 Å². The quantitative estimate of drug-likeness (QED) is 0.619. The first-order valence-corrected chi connectivity index (χ1v) is 5.40. The van der Waals surface area contributed by atoms with Gasteiger partial charge in [-0.2, -0.15) is 0 Å². The molecule has 0 unspecified atom stereocenters. The Kier molecular flexibility index (Phi) is 2.14. The lowest BCUT2D eigenvalue weighted by atomic mass is 9.90. The molecule has 2 aromatic rings. The number of aryl methyl sites for hydroxylation is 2. The number of hydrogen-bond acceptors (Lipinski definition) is 1. The van der Waals surface area contributed by atoms with Gasteiger partial charge in [0.1, 0.15) is 11.3 Å². The zero-order valence-electron chi connectivity index (χ0n) is 10.1. The maximum atomic E-state index is 5.92. The van der Waals surface area contributed by atoms with E-state index in [1.165, 1.54) is 16.5 Å². The molecule has 0 bridgehead atoms. The van der Waals surface area contributed by atoms with Crippen LogP contribution in [0, 0.1) is 13.8 Å². The molecule has 0 fully saturated rings. The van der Waals surface area contributed by atoms with Crippen LogP contribution in [-0.2, 0) is 5.41 Å². The third-order valence-electron chi connectivity index (χ3n) is 2.77. The second-order valence-electron chi connectivity index (χ2n) is 5.31. The minimum Gasteiger partial charge on any atom is -0.460 e. The van der Waals surface area contributed by atoms with E-state index in [0.29, 0.717) is 0 Å². The van der Waals surface area contributed by atoms with Crippen LogP contribution in [0.5, 0.6) is 0 Å². The van der Waals surface area contributed by atoms with E-state index in [9.17, 15) is 0 Å². The molecule has 0 saturated carbocycles. The average Bonchev–Trinajstić information content (AvgIpc) is 2.43. The lowest BCUT2D eigenvalue weighted by molar-refractivity contribution is 0.426. The van der Waals surface area contributed by atoms with Crippen LogP contribution < -0.4 is 0 Å². The van der Waals surface area contributed by atoms with Crippen molar-refractivity contribution in [2.24, 2.45) is 0 Å². The van der Waals surface area contributed by atoms with Crippen LogP contribution >= 0.6 is 0 Å². The molecule has 0 atom stereocenters. The van der Waals surface area contributed by atoms with Gasteiger partial charge in [0.25, 0.3) is 0 Å². The molecular formula is C14H18O. The number of furan rings is 1. The molecule has 0 spiro atoms. The van der Waals surface area contributed by atoms with Crippen LogP contribution in [0.3, 0.4) is 0 Å². The van der Waals surface area contributed by atoms with Crippen molar-refractivity contribution in [3.63, 3.8) is 0 Å². The summed E-state index contributed by atoms with van der Waals surface area (Å²) >= 11 is 0. The molecule has 0 aliphatic heterocycles. The third-order valence-corrected chi connectivity index (χ3v) is 2.77. The first-order valence-electron chi connectivity index (χ1n) is 5.40. The van der Waals surface area contributed by atoms with Gasteiger partial charge in [0.2, 0.25) is 0 Å². The fraction of sp³-hybridized carbons (Fsp3) is 0.429. The second kappa shape index (κ2) is 3.13. The summed E-state index contributed by atoms with van der Waals surface area (Å²) in [6.07, 6.45) is 0. The van der Waals surface area contributed by atoms with Crippen molar-refractivity contribution in [1.82, 2.24) is 0 Å². The lowest BCUT2D eigenvalue weighted by Crippen LogP contribution is -2.10. The van der Waals surface area contributed by atoms with Gasteiger partial charge < -0.3 is 4.42 Å². The van der Waals surface area contributed by atoms with Gasteiger partial charge in [0.15, 0.2) is 0 Å². The Morgan fingerprint density at radius 1 is 1.07 bits per heavy atom. The van der Waals surface area contributed by atoms with Crippen molar-refractivity contribution in [1.29, 1.82) is 0 Å². The van der Waals surface area contributed by atoms with Crippen LogP contribution in [0.4, 0.5) is 0 Å². The van der Waals surface area contributed by atoms with Crippen molar-refractivity contribution < 1.29 is 4.42 Å². The van der Waals surface area contributed by atoms with Crippen LogP contribution in [0.2, 0.25) is 0 Å². The van der Waals surface area contributed by atoms with Crippen molar-refractivity contribution in [2.45, 2.75) is 40.0 Å². The Balaban J connectivity index is 2.76. The van der Waals surface area contributed by atoms with E-state index in [-0.39, 0.29) is 5.41 Å². The predicted molar refractivity (Wildman–Crippen MR) is 64.4 cm³/mol. The van der Waals surface area contributed by atoms with Gasteiger partial charge in [-0.3, -0.25) is 0 Å². The molecular weight excluding hydrogens is 184 g/mol. The van der Waals surface area contributed by atoms with Crippen LogP contribution in [0.25, 0.3) is 11.0 Å². The summed E-state index contributed by atoms with van der Waals surface area (Å²) in [5, 5.41) is 1.25. The average molecular weight is 202 g/mol. The highest BCUT2D eigenvalue weighted by molar-refractivity contribution is 5.83. The van der Waals surface area contributed by atoms with Gasteiger partial charge in [-0.05, 0) is 31.5 Å². The summed E-state index contributed by atoms with van der Waals surface area (Å²) < 4.78 is 5.92. The molecule has 2 rings (SSSR count). The number of fused-ring (bicyclic) bond motifs is 1. The summed E-state index contributed by atoms with van der Waals surface area (Å²) in [4.78, 5) is 0. The molecule has 15 heavy (non-hydrogen) atoms. The van der Waals surface area contributed by atoms with Crippen molar-refractivity contribution >= 4 is 11.0 Å². The van der Waals surface area contributed by atoms with Gasteiger partial charge in [0, 0.05) is 10.8 Å². The molecule has 0 radical (unpaired) electrons. The Labute approximate surface area is 91.1 Å². The molecule has 0 aliphatic rings. The zero-order valence-corrected chi connectivity index (χ0v) is 10.1. The highest BCUT2D eigenvalue weighted by atomic mass is 16.3. The normalized spacial score (nSPS) is 12.3. The minimum atomic E-state index is 0.0804. The van der Waals surface area contributed by atoms with E-state index in [2.05, 4.69) is 52.8 Å². The number of rotatable bonds is 0. The zero-order chi connectivity index (χ0) is 11.2. The van der Waals surface area contributed by atoms with Crippen LogP contribution in [-0.4, -0.2) is 0 Å². The van der Waals surface area contributed by atoms with Crippen molar-refractivity contribution in [3.8, 4) is 0 Å². The van der Waals surface area contributed by atoms with E-state index >= 15 is 0 Å². The number of hydrogen-bond donors (Lipinski definition) is 0. The summed E-state index contributed by atoms with van der Waals surface area (Å²) in [7, 11) is 0. The van der Waals surface area contributed by atoms with Gasteiger partial charge in [-0.25, -0.2) is 0 Å². The molecule has 0 saturated heterocycles. The molecule has 0 aliphatic carbocycles. The Morgan fingerprint density at radius 3 is 2.33 bits per heavy atom. The monoisotopic (exact) mass is 202 g/mol. The topological polar surface area (TPSA) is 13.1 Å². The fourth-order valence-electron chi connectivity index (χ4n) is 2.05. The summed E-state index contributed by atoms with van der Waals surface area (Å²) in [5.41, 5.74) is 3.65. The highest BCUT2D eigenvalue weighted by Gasteiger charge is 2.22. The molecule has 1 heteroatoms. The van der Waals surface area contributed by atoms with Gasteiger partial charge in [0.05, 0.1) is 0 Å². The van der Waals surface area contributed by atoms with Gasteiger partial charge in [-0.15, -0.1) is 0 Å². The first-order chi connectivity index (χ1) is 6.89. The Bertz CT molecular complexity index is 498. The van der Waals surface area contributed by atoms with Crippen LogP contribution in [0.15, 0.2) is 22.6 Å². The summed E-state index contributed by atoms with van der Waals surface area (Å²) in [6, 6.07) is 6.36. The summed E-state index contributed by atoms with van der Waals surface area (Å²) in [5.74, 6) is 1.10. The summed E-state index contributed by atoms with van der Waals surface area (Å²) in [6.45, 7) is 10.8. The molecule has 80 valence electrons. The van der Waals surface area contributed by atoms with Crippen LogP contribution in [0.1, 0.15) is 37.7 Å². The maximum Gasteiger partial charge on any atom is 0.134 e. The lowest BCUT2D eigenvalue weighted by Gasteiger charge is -2.15. The molecule has 0 amide bonds. The molecule has 1 aromatic heterocycles. The van der Waals surface area contributed by atoms with E-state index < -0.39 is 0 Å². The standard InChI is InChI=1S/C14H18O/c1-9-6-7-12-11(8-9)10(2)13(15-12)14(3,4)5/h6-8H,1-5H3. The maximum absolute atomic E-state index is 5.92. The van der Waals surface area contributed by atoms with E-state index in [1.807, 2.05) is 0 Å².